The van der Waals surface area contributed by atoms with Crippen LogP contribution in [-0.4, -0.2) is 62.0 Å². The van der Waals surface area contributed by atoms with Gasteiger partial charge >= 0.3 is 12.2 Å². The number of hydrogen-bond donors (Lipinski definition) is 2. The third-order valence-corrected chi connectivity index (χ3v) is 6.70. The zero-order valence-corrected chi connectivity index (χ0v) is 19.5. The van der Waals surface area contributed by atoms with E-state index in [-0.39, 0.29) is 34.6 Å². The first-order valence-corrected chi connectivity index (χ1v) is 10.8. The number of nitrogens with zero attached hydrogens (tertiary/aromatic N) is 1. The molecular formula is C22H28F3N3O6. The van der Waals surface area contributed by atoms with Crippen LogP contribution in [0.1, 0.15) is 43.5 Å². The molecule has 3 rings (SSSR count). The molecule has 2 aliphatic rings. The second-order valence-corrected chi connectivity index (χ2v) is 8.56. The van der Waals surface area contributed by atoms with Crippen LogP contribution in [0.25, 0.3) is 0 Å². The molecule has 1 aromatic carbocycles. The van der Waals surface area contributed by atoms with Crippen molar-refractivity contribution in [3.05, 3.63) is 17.7 Å². The molecule has 0 unspecified atom stereocenters. The summed E-state index contributed by atoms with van der Waals surface area (Å²) in [5, 5.41) is 3.44. The first-order chi connectivity index (χ1) is 15.9. The van der Waals surface area contributed by atoms with Crippen molar-refractivity contribution in [2.45, 2.75) is 51.0 Å². The molecule has 1 saturated heterocycles. The molecule has 2 fully saturated rings. The maximum atomic E-state index is 14.3. The van der Waals surface area contributed by atoms with Crippen molar-refractivity contribution in [1.29, 1.82) is 0 Å². The van der Waals surface area contributed by atoms with Crippen LogP contribution in [0.15, 0.2) is 12.1 Å². The average molecular weight is 487 g/mol. The Morgan fingerprint density at radius 2 is 1.68 bits per heavy atom. The molecule has 12 heteroatoms. The van der Waals surface area contributed by atoms with Gasteiger partial charge in [-0.2, -0.15) is 13.2 Å². The third kappa shape index (κ3) is 4.09. The molecule has 2 N–H and O–H groups in total. The van der Waals surface area contributed by atoms with E-state index in [1.807, 2.05) is 6.92 Å². The van der Waals surface area contributed by atoms with E-state index in [4.69, 9.17) is 14.2 Å². The lowest BCUT2D eigenvalue weighted by Crippen LogP contribution is -2.69. The summed E-state index contributed by atoms with van der Waals surface area (Å²) in [6.45, 7) is 3.73. The molecule has 0 radical (unpaired) electrons. The lowest BCUT2D eigenvalue weighted by atomic mass is 9.77. The van der Waals surface area contributed by atoms with Crippen LogP contribution in [0.4, 0.5) is 18.0 Å². The fourth-order valence-electron chi connectivity index (χ4n) is 4.57. The van der Waals surface area contributed by atoms with Gasteiger partial charge in [0.15, 0.2) is 11.5 Å². The van der Waals surface area contributed by atoms with Crippen LogP contribution >= 0.6 is 0 Å². The van der Waals surface area contributed by atoms with Crippen LogP contribution in [0.3, 0.4) is 0 Å². The van der Waals surface area contributed by atoms with Crippen molar-refractivity contribution < 1.29 is 41.8 Å². The van der Waals surface area contributed by atoms with Gasteiger partial charge in [0.1, 0.15) is 0 Å². The molecule has 0 aromatic heterocycles. The summed E-state index contributed by atoms with van der Waals surface area (Å²) in [4.78, 5) is 39.4. The summed E-state index contributed by atoms with van der Waals surface area (Å²) in [6.07, 6.45) is -3.40. The first-order valence-electron chi connectivity index (χ1n) is 10.8. The number of urea groups is 1. The summed E-state index contributed by atoms with van der Waals surface area (Å²) in [7, 11) is 3.88. The number of methoxy groups -OCH3 is 3. The molecule has 1 saturated carbocycles. The minimum Gasteiger partial charge on any atom is -0.493 e. The Balaban J connectivity index is 2.00. The number of nitrogens with one attached hydrogen (secondary N) is 2. The summed E-state index contributed by atoms with van der Waals surface area (Å²) >= 11 is 0. The molecular weight excluding hydrogens is 459 g/mol. The molecule has 1 aliphatic carbocycles. The Bertz CT molecular complexity index is 960. The number of rotatable bonds is 6. The molecule has 0 bridgehead atoms. The minimum absolute atomic E-state index is 0.0292. The highest BCUT2D eigenvalue weighted by Crippen LogP contribution is 2.41. The van der Waals surface area contributed by atoms with Crippen molar-refractivity contribution in [1.82, 2.24) is 15.5 Å². The normalized spacial score (nSPS) is 27.3. The van der Waals surface area contributed by atoms with Crippen molar-refractivity contribution in [2.24, 2.45) is 11.8 Å². The van der Waals surface area contributed by atoms with Crippen LogP contribution < -0.4 is 24.8 Å². The van der Waals surface area contributed by atoms with E-state index in [0.717, 1.165) is 18.6 Å². The van der Waals surface area contributed by atoms with Crippen molar-refractivity contribution in [3.8, 4) is 17.2 Å². The molecule has 1 aliphatic heterocycles. The smallest absolute Gasteiger partial charge is 0.440 e. The number of alkyl halides is 3. The van der Waals surface area contributed by atoms with Gasteiger partial charge < -0.3 is 19.5 Å². The van der Waals surface area contributed by atoms with Gasteiger partial charge in [0.2, 0.25) is 5.75 Å². The van der Waals surface area contributed by atoms with Gasteiger partial charge in [0.25, 0.3) is 17.5 Å². The minimum atomic E-state index is -5.31. The zero-order valence-electron chi connectivity index (χ0n) is 19.5. The predicted molar refractivity (Wildman–Crippen MR) is 114 cm³/mol. The fourth-order valence-corrected chi connectivity index (χ4v) is 4.57. The molecule has 34 heavy (non-hydrogen) atoms. The Morgan fingerprint density at radius 3 is 2.18 bits per heavy atom. The highest BCUT2D eigenvalue weighted by Gasteiger charge is 2.70. The van der Waals surface area contributed by atoms with Gasteiger partial charge in [-0.15, -0.1) is 0 Å². The van der Waals surface area contributed by atoms with Crippen LogP contribution in [0.2, 0.25) is 0 Å². The Hall–Kier alpha value is -3.18. The summed E-state index contributed by atoms with van der Waals surface area (Å²) < 4.78 is 58.3. The number of carbonyl (C=O) groups is 3. The molecule has 4 atom stereocenters. The standard InChI is InChI=1S/C22H28F3N3O6/c1-11-7-6-8-14(12(11)2)28-19(30)21(22(23,24)25,27-20(28)31)26-18(29)13-9-15(32-3)17(34-5)16(10-13)33-4/h9-12,14H,6-8H2,1-5H3,(H,26,29)(H,27,31)/t11-,12-,14-,21+/m0/s1. The van der Waals surface area contributed by atoms with E-state index < -0.39 is 35.7 Å². The van der Waals surface area contributed by atoms with Crippen LogP contribution in [0.5, 0.6) is 17.2 Å². The lowest BCUT2D eigenvalue weighted by molar-refractivity contribution is -0.201. The number of halogens is 3. The largest absolute Gasteiger partial charge is 0.493 e. The molecule has 1 heterocycles. The van der Waals surface area contributed by atoms with Gasteiger partial charge in [-0.3, -0.25) is 19.8 Å². The van der Waals surface area contributed by atoms with Gasteiger partial charge in [0.05, 0.1) is 21.3 Å². The second-order valence-electron chi connectivity index (χ2n) is 8.56. The van der Waals surface area contributed by atoms with E-state index in [1.165, 1.54) is 21.3 Å². The van der Waals surface area contributed by atoms with Gasteiger partial charge in [-0.05, 0) is 30.4 Å². The van der Waals surface area contributed by atoms with E-state index in [1.54, 1.807) is 17.6 Å². The Labute approximate surface area is 194 Å². The van der Waals surface area contributed by atoms with Crippen molar-refractivity contribution >= 4 is 17.8 Å². The zero-order chi connectivity index (χ0) is 25.4. The number of carbonyl (C=O) groups excluding carboxylic acids is 3. The monoisotopic (exact) mass is 487 g/mol. The lowest BCUT2D eigenvalue weighted by Gasteiger charge is -2.38. The Kier molecular flexibility index (Phi) is 6.90. The van der Waals surface area contributed by atoms with Gasteiger partial charge in [-0.1, -0.05) is 26.7 Å². The molecule has 0 spiro atoms. The maximum absolute atomic E-state index is 14.3. The number of ether oxygens (including phenoxy) is 3. The topological polar surface area (TPSA) is 106 Å². The molecule has 9 nitrogen and oxygen atoms in total. The summed E-state index contributed by atoms with van der Waals surface area (Å²) in [6, 6.07) is 0.382. The van der Waals surface area contributed by atoms with Crippen LogP contribution in [-0.2, 0) is 4.79 Å². The predicted octanol–water partition coefficient (Wildman–Crippen LogP) is 3.08. The third-order valence-electron chi connectivity index (χ3n) is 6.70. The summed E-state index contributed by atoms with van der Waals surface area (Å²) in [5.74, 6) is -2.71. The number of benzene rings is 1. The van der Waals surface area contributed by atoms with E-state index in [0.29, 0.717) is 17.7 Å². The molecule has 188 valence electrons. The number of imide groups is 1. The van der Waals surface area contributed by atoms with E-state index in [9.17, 15) is 27.6 Å². The number of amides is 4. The van der Waals surface area contributed by atoms with Crippen molar-refractivity contribution in [3.63, 3.8) is 0 Å². The highest BCUT2D eigenvalue weighted by molar-refractivity contribution is 6.10. The van der Waals surface area contributed by atoms with Gasteiger partial charge in [-0.25, -0.2) is 4.79 Å². The fraction of sp³-hybridized carbons (Fsp3) is 0.591. The quantitative estimate of drug-likeness (QED) is 0.598. The van der Waals surface area contributed by atoms with Crippen molar-refractivity contribution in [2.75, 3.05) is 21.3 Å². The second kappa shape index (κ2) is 9.22. The molecule has 1 aromatic rings. The highest BCUT2D eigenvalue weighted by atomic mass is 19.4. The molecule has 4 amide bonds. The van der Waals surface area contributed by atoms with E-state index >= 15 is 0 Å². The first kappa shape index (κ1) is 25.4. The summed E-state index contributed by atoms with van der Waals surface area (Å²) in [5.41, 5.74) is -3.90. The number of hydrogen-bond acceptors (Lipinski definition) is 6. The SMILES string of the molecule is COc1cc(C(=O)N[C@@]2(C(F)(F)F)NC(=O)N([C@H]3CCC[C@H](C)[C@@H]3C)C2=O)cc(OC)c1OC. The Morgan fingerprint density at radius 1 is 1.09 bits per heavy atom. The van der Waals surface area contributed by atoms with E-state index in [2.05, 4.69) is 0 Å². The van der Waals surface area contributed by atoms with Crippen LogP contribution in [0, 0.1) is 11.8 Å². The maximum Gasteiger partial charge on any atom is 0.440 e. The van der Waals surface area contributed by atoms with Gasteiger partial charge in [0, 0.05) is 11.6 Å². The average Bonchev–Trinajstić information content (AvgIpc) is 3.04.